The fraction of sp³-hybridized carbons (Fsp3) is 0.278. The normalized spacial score (nSPS) is 13.1. The minimum Gasteiger partial charge on any atom is -0.497 e. The standard InChI is InChI=1S/C18H19N3O4/c1-19-18(22)16-10-14(21(23)24)4-6-17(16)20-8-7-12-3-5-15(25-2)9-13(12)11-20/h3-6,9-10H,7-8,11H2,1-2H3,(H,19,22). The Morgan fingerprint density at radius 3 is 2.72 bits per heavy atom. The van der Waals surface area contributed by atoms with E-state index in [-0.39, 0.29) is 11.6 Å². The summed E-state index contributed by atoms with van der Waals surface area (Å²) in [6.07, 6.45) is 0.837. The number of anilines is 1. The largest absolute Gasteiger partial charge is 0.497 e. The van der Waals surface area contributed by atoms with E-state index in [1.165, 1.54) is 24.7 Å². The van der Waals surface area contributed by atoms with Crippen molar-refractivity contribution < 1.29 is 14.5 Å². The first-order valence-electron chi connectivity index (χ1n) is 7.94. The molecule has 1 aliphatic heterocycles. The van der Waals surface area contributed by atoms with E-state index < -0.39 is 4.92 Å². The summed E-state index contributed by atoms with van der Waals surface area (Å²) in [6, 6.07) is 10.4. The average Bonchev–Trinajstić information content (AvgIpc) is 2.65. The molecular formula is C18H19N3O4. The molecule has 7 heteroatoms. The number of carbonyl (C=O) groups is 1. The van der Waals surface area contributed by atoms with Gasteiger partial charge in [-0.2, -0.15) is 0 Å². The highest BCUT2D eigenvalue weighted by Crippen LogP contribution is 2.31. The van der Waals surface area contributed by atoms with Crippen LogP contribution in [0.2, 0.25) is 0 Å². The van der Waals surface area contributed by atoms with Crippen molar-refractivity contribution in [3.8, 4) is 5.75 Å². The zero-order chi connectivity index (χ0) is 18.0. The van der Waals surface area contributed by atoms with E-state index in [1.54, 1.807) is 13.2 Å². The molecule has 0 unspecified atom stereocenters. The first kappa shape index (κ1) is 16.8. The van der Waals surface area contributed by atoms with Gasteiger partial charge in [0.05, 0.1) is 23.3 Å². The van der Waals surface area contributed by atoms with E-state index in [0.29, 0.717) is 17.8 Å². The number of hydrogen-bond donors (Lipinski definition) is 1. The maximum atomic E-state index is 12.2. The molecule has 1 aliphatic rings. The summed E-state index contributed by atoms with van der Waals surface area (Å²) >= 11 is 0. The third-order valence-corrected chi connectivity index (χ3v) is 4.43. The molecule has 0 aromatic heterocycles. The van der Waals surface area contributed by atoms with Crippen LogP contribution in [0.3, 0.4) is 0 Å². The molecule has 0 bridgehead atoms. The zero-order valence-corrected chi connectivity index (χ0v) is 14.1. The van der Waals surface area contributed by atoms with Gasteiger partial charge in [-0.1, -0.05) is 6.07 Å². The Labute approximate surface area is 145 Å². The third-order valence-electron chi connectivity index (χ3n) is 4.43. The Morgan fingerprint density at radius 2 is 2.04 bits per heavy atom. The lowest BCUT2D eigenvalue weighted by atomic mass is 9.98. The van der Waals surface area contributed by atoms with E-state index in [9.17, 15) is 14.9 Å². The topological polar surface area (TPSA) is 84.7 Å². The van der Waals surface area contributed by atoms with E-state index in [4.69, 9.17) is 4.74 Å². The first-order valence-corrected chi connectivity index (χ1v) is 7.94. The van der Waals surface area contributed by atoms with Gasteiger partial charge in [-0.05, 0) is 35.7 Å². The summed E-state index contributed by atoms with van der Waals surface area (Å²) in [4.78, 5) is 24.8. The molecule has 7 nitrogen and oxygen atoms in total. The number of nitro groups is 1. The lowest BCUT2D eigenvalue weighted by molar-refractivity contribution is -0.384. The van der Waals surface area contributed by atoms with Gasteiger partial charge in [-0.15, -0.1) is 0 Å². The van der Waals surface area contributed by atoms with Crippen molar-refractivity contribution in [3.63, 3.8) is 0 Å². The fourth-order valence-electron chi connectivity index (χ4n) is 3.10. The van der Waals surface area contributed by atoms with Gasteiger partial charge in [0.15, 0.2) is 0 Å². The van der Waals surface area contributed by atoms with Crippen LogP contribution in [0.4, 0.5) is 11.4 Å². The lowest BCUT2D eigenvalue weighted by Crippen LogP contribution is -2.32. The van der Waals surface area contributed by atoms with E-state index in [1.807, 2.05) is 12.1 Å². The summed E-state index contributed by atoms with van der Waals surface area (Å²) in [7, 11) is 3.14. The van der Waals surface area contributed by atoms with Crippen LogP contribution in [0, 0.1) is 10.1 Å². The quantitative estimate of drug-likeness (QED) is 0.682. The van der Waals surface area contributed by atoms with E-state index in [2.05, 4.69) is 16.3 Å². The molecule has 2 aromatic carbocycles. The van der Waals surface area contributed by atoms with Crippen molar-refractivity contribution in [3.05, 3.63) is 63.2 Å². The molecule has 0 saturated heterocycles. The molecule has 1 amide bonds. The molecule has 0 radical (unpaired) electrons. The van der Waals surface area contributed by atoms with Gasteiger partial charge in [-0.25, -0.2) is 0 Å². The molecule has 0 saturated carbocycles. The van der Waals surface area contributed by atoms with Crippen molar-refractivity contribution in [2.45, 2.75) is 13.0 Å². The van der Waals surface area contributed by atoms with Gasteiger partial charge in [0.2, 0.25) is 0 Å². The Morgan fingerprint density at radius 1 is 1.24 bits per heavy atom. The maximum Gasteiger partial charge on any atom is 0.270 e. The highest BCUT2D eigenvalue weighted by atomic mass is 16.6. The summed E-state index contributed by atoms with van der Waals surface area (Å²) in [5.74, 6) is 0.450. The zero-order valence-electron chi connectivity index (χ0n) is 14.1. The molecule has 1 N–H and O–H groups in total. The van der Waals surface area contributed by atoms with Gasteiger partial charge in [-0.3, -0.25) is 14.9 Å². The summed E-state index contributed by atoms with van der Waals surface area (Å²) in [5.41, 5.74) is 3.29. The SMILES string of the molecule is CNC(=O)c1cc([N+](=O)[O-])ccc1N1CCc2ccc(OC)cc2C1. The molecule has 2 aromatic rings. The monoisotopic (exact) mass is 341 g/mol. The van der Waals surface area contributed by atoms with Gasteiger partial charge < -0.3 is 15.0 Å². The lowest BCUT2D eigenvalue weighted by Gasteiger charge is -2.32. The van der Waals surface area contributed by atoms with Gasteiger partial charge in [0, 0.05) is 32.3 Å². The molecule has 0 aliphatic carbocycles. The van der Waals surface area contributed by atoms with Crippen LogP contribution in [-0.2, 0) is 13.0 Å². The number of hydrogen-bond acceptors (Lipinski definition) is 5. The molecule has 1 heterocycles. The molecule has 3 rings (SSSR count). The molecular weight excluding hydrogens is 322 g/mol. The van der Waals surface area contributed by atoms with Crippen molar-refractivity contribution >= 4 is 17.3 Å². The van der Waals surface area contributed by atoms with Crippen LogP contribution in [0.15, 0.2) is 36.4 Å². The number of non-ortho nitro benzene ring substituents is 1. The Bertz CT molecular complexity index is 835. The summed E-state index contributed by atoms with van der Waals surface area (Å²) in [6.45, 7) is 1.36. The number of nitrogens with one attached hydrogen (secondary N) is 1. The molecule has 0 atom stereocenters. The smallest absolute Gasteiger partial charge is 0.270 e. The second-order valence-electron chi connectivity index (χ2n) is 5.84. The molecule has 25 heavy (non-hydrogen) atoms. The number of amides is 1. The third kappa shape index (κ3) is 3.26. The van der Waals surface area contributed by atoms with Crippen LogP contribution >= 0.6 is 0 Å². The van der Waals surface area contributed by atoms with Gasteiger partial charge in [0.1, 0.15) is 5.75 Å². The Hall–Kier alpha value is -3.09. The molecule has 0 spiro atoms. The van der Waals surface area contributed by atoms with Crippen molar-refractivity contribution in [2.24, 2.45) is 0 Å². The Balaban J connectivity index is 1.98. The van der Waals surface area contributed by atoms with Gasteiger partial charge in [0.25, 0.3) is 11.6 Å². The van der Waals surface area contributed by atoms with Crippen LogP contribution < -0.4 is 15.0 Å². The predicted molar refractivity (Wildman–Crippen MR) is 94.2 cm³/mol. The fourth-order valence-corrected chi connectivity index (χ4v) is 3.10. The number of ether oxygens (including phenoxy) is 1. The number of carbonyl (C=O) groups excluding carboxylic acids is 1. The molecule has 130 valence electrons. The molecule has 0 fully saturated rings. The van der Waals surface area contributed by atoms with Crippen LogP contribution in [0.5, 0.6) is 5.75 Å². The van der Waals surface area contributed by atoms with Gasteiger partial charge >= 0.3 is 0 Å². The van der Waals surface area contributed by atoms with E-state index in [0.717, 1.165) is 24.3 Å². The Kier molecular flexibility index (Phi) is 4.56. The van der Waals surface area contributed by atoms with Crippen LogP contribution in [0.1, 0.15) is 21.5 Å². The van der Waals surface area contributed by atoms with E-state index >= 15 is 0 Å². The second kappa shape index (κ2) is 6.80. The predicted octanol–water partition coefficient (Wildman–Crippen LogP) is 2.53. The average molecular weight is 341 g/mol. The highest BCUT2D eigenvalue weighted by Gasteiger charge is 2.23. The van der Waals surface area contributed by atoms with Crippen LogP contribution in [-0.4, -0.2) is 31.5 Å². The summed E-state index contributed by atoms with van der Waals surface area (Å²) in [5, 5.41) is 13.6. The van der Waals surface area contributed by atoms with Crippen LogP contribution in [0.25, 0.3) is 0 Å². The van der Waals surface area contributed by atoms with Crippen molar-refractivity contribution in [1.29, 1.82) is 0 Å². The van der Waals surface area contributed by atoms with Crippen molar-refractivity contribution in [2.75, 3.05) is 25.6 Å². The number of rotatable bonds is 4. The number of benzene rings is 2. The first-order chi connectivity index (χ1) is 12.0. The number of methoxy groups -OCH3 is 1. The number of nitrogens with zero attached hydrogens (tertiary/aromatic N) is 2. The minimum absolute atomic E-state index is 0.0959. The summed E-state index contributed by atoms with van der Waals surface area (Å²) < 4.78 is 5.29. The maximum absolute atomic E-state index is 12.2. The second-order valence-corrected chi connectivity index (χ2v) is 5.84. The number of fused-ring (bicyclic) bond motifs is 1. The highest BCUT2D eigenvalue weighted by molar-refractivity contribution is 6.00. The van der Waals surface area contributed by atoms with Crippen molar-refractivity contribution in [1.82, 2.24) is 5.32 Å². The number of nitro benzene ring substituents is 1. The minimum atomic E-state index is -0.493.